The number of aryl methyl sites for hydroxylation is 4. The number of anilines is 1. The summed E-state index contributed by atoms with van der Waals surface area (Å²) >= 11 is 0. The molecule has 1 unspecified atom stereocenters. The highest BCUT2D eigenvalue weighted by molar-refractivity contribution is 6.51. The molecule has 1 N–H and O–H groups in total. The number of aromatic nitrogens is 1. The van der Waals surface area contributed by atoms with Gasteiger partial charge in [0.1, 0.15) is 11.8 Å². The molecule has 1 amide bonds. The summed E-state index contributed by atoms with van der Waals surface area (Å²) in [5.74, 6) is -1.49. The number of hydrogen-bond acceptors (Lipinski definition) is 4. The van der Waals surface area contributed by atoms with E-state index in [9.17, 15) is 14.7 Å². The van der Waals surface area contributed by atoms with Crippen LogP contribution in [0, 0.1) is 13.8 Å². The van der Waals surface area contributed by atoms with Crippen molar-refractivity contribution < 1.29 is 14.7 Å². The molecule has 1 fully saturated rings. The van der Waals surface area contributed by atoms with Crippen molar-refractivity contribution in [2.45, 2.75) is 45.6 Å². The summed E-state index contributed by atoms with van der Waals surface area (Å²) in [7, 11) is 0. The Kier molecular flexibility index (Phi) is 5.33. The number of fused-ring (bicyclic) bond motifs is 1. The number of carbonyl (C=O) groups is 2. The van der Waals surface area contributed by atoms with Crippen LogP contribution in [0.25, 0.3) is 5.76 Å². The molecule has 0 spiro atoms. The van der Waals surface area contributed by atoms with Crippen molar-refractivity contribution in [2.75, 3.05) is 4.90 Å². The third-order valence-electron chi connectivity index (χ3n) is 6.66. The molecule has 2 aromatic carbocycles. The number of pyridine rings is 1. The zero-order valence-corrected chi connectivity index (χ0v) is 18.8. The number of hydrogen-bond donors (Lipinski definition) is 1. The lowest BCUT2D eigenvalue weighted by molar-refractivity contribution is -0.132. The number of ketones is 1. The lowest BCUT2D eigenvalue weighted by Gasteiger charge is -2.26. The molecule has 0 radical (unpaired) electrons. The molecule has 3 aromatic rings. The number of nitrogens with zero attached hydrogens (tertiary/aromatic N) is 2. The van der Waals surface area contributed by atoms with Gasteiger partial charge in [0.15, 0.2) is 0 Å². The van der Waals surface area contributed by atoms with Gasteiger partial charge >= 0.3 is 0 Å². The normalized spacial score (nSPS) is 19.6. The molecule has 1 aliphatic carbocycles. The van der Waals surface area contributed by atoms with Crippen LogP contribution in [0.5, 0.6) is 0 Å². The van der Waals surface area contributed by atoms with Crippen molar-refractivity contribution in [3.63, 3.8) is 0 Å². The van der Waals surface area contributed by atoms with Gasteiger partial charge in [0.05, 0.1) is 11.3 Å². The number of carbonyl (C=O) groups excluding carboxylic acids is 2. The van der Waals surface area contributed by atoms with Gasteiger partial charge in [-0.1, -0.05) is 30.3 Å². The Labute approximate surface area is 193 Å². The summed E-state index contributed by atoms with van der Waals surface area (Å²) in [6.07, 6.45) is 5.90. The Morgan fingerprint density at radius 3 is 2.52 bits per heavy atom. The van der Waals surface area contributed by atoms with Gasteiger partial charge < -0.3 is 5.11 Å². The zero-order chi connectivity index (χ0) is 23.1. The molecule has 5 heteroatoms. The fraction of sp³-hybridized carbons (Fsp3) is 0.250. The molecule has 0 saturated carbocycles. The summed E-state index contributed by atoms with van der Waals surface area (Å²) in [6, 6.07) is 16.2. The fourth-order valence-electron chi connectivity index (χ4n) is 4.91. The minimum atomic E-state index is -0.803. The predicted octanol–water partition coefficient (Wildman–Crippen LogP) is 5.20. The maximum absolute atomic E-state index is 13.3. The standard InChI is InChI=1S/C28H26N2O3/c1-17-10-11-18(2)23(15-17)30-25(22-9-5-6-14-29-22)24(27(32)28(30)33)26(31)21-13-12-19-7-3-4-8-20(19)16-21/h5-6,9-16,25,31H,3-4,7-8H2,1-2H3/b26-24-. The quantitative estimate of drug-likeness (QED) is 0.346. The van der Waals surface area contributed by atoms with Crippen LogP contribution in [0.15, 0.2) is 66.4 Å². The van der Waals surface area contributed by atoms with E-state index < -0.39 is 17.7 Å². The molecular weight excluding hydrogens is 412 g/mol. The molecule has 2 aliphatic rings. The molecule has 1 saturated heterocycles. The second kappa shape index (κ2) is 8.32. The highest BCUT2D eigenvalue weighted by atomic mass is 16.3. The number of rotatable bonds is 3. The van der Waals surface area contributed by atoms with E-state index in [2.05, 4.69) is 4.98 Å². The van der Waals surface area contributed by atoms with Crippen molar-refractivity contribution in [1.29, 1.82) is 0 Å². The van der Waals surface area contributed by atoms with E-state index >= 15 is 0 Å². The van der Waals surface area contributed by atoms with Crippen molar-refractivity contribution >= 4 is 23.1 Å². The summed E-state index contributed by atoms with van der Waals surface area (Å²) in [6.45, 7) is 3.86. The third kappa shape index (κ3) is 3.63. The smallest absolute Gasteiger partial charge is 0.300 e. The minimum absolute atomic E-state index is 0.0790. The first-order valence-electron chi connectivity index (χ1n) is 11.4. The maximum atomic E-state index is 13.3. The average molecular weight is 439 g/mol. The van der Waals surface area contributed by atoms with Gasteiger partial charge in [-0.15, -0.1) is 0 Å². The summed E-state index contributed by atoms with van der Waals surface area (Å²) in [5.41, 5.74) is 6.17. The van der Waals surface area contributed by atoms with Gasteiger partial charge in [-0.05, 0) is 86.1 Å². The van der Waals surface area contributed by atoms with Crippen molar-refractivity contribution in [2.24, 2.45) is 0 Å². The molecule has 1 atom stereocenters. The number of amides is 1. The van der Waals surface area contributed by atoms with E-state index in [1.54, 1.807) is 18.3 Å². The Morgan fingerprint density at radius 2 is 1.76 bits per heavy atom. The number of aliphatic hydroxyl groups excluding tert-OH is 1. The first-order chi connectivity index (χ1) is 16.0. The predicted molar refractivity (Wildman–Crippen MR) is 128 cm³/mol. The lowest BCUT2D eigenvalue weighted by Crippen LogP contribution is -2.30. The van der Waals surface area contributed by atoms with E-state index in [-0.39, 0.29) is 11.3 Å². The van der Waals surface area contributed by atoms with E-state index in [1.807, 2.05) is 56.3 Å². The van der Waals surface area contributed by atoms with Crippen LogP contribution >= 0.6 is 0 Å². The zero-order valence-electron chi connectivity index (χ0n) is 18.8. The topological polar surface area (TPSA) is 70.5 Å². The Balaban J connectivity index is 1.71. The first-order valence-corrected chi connectivity index (χ1v) is 11.4. The van der Waals surface area contributed by atoms with Gasteiger partial charge in [0, 0.05) is 17.4 Å². The number of Topliss-reactive ketones (excluding diaryl/α,β-unsaturated/α-hetero) is 1. The van der Waals surface area contributed by atoms with Gasteiger partial charge in [0.25, 0.3) is 11.7 Å². The molecular formula is C28H26N2O3. The van der Waals surface area contributed by atoms with Gasteiger partial charge in [0.2, 0.25) is 0 Å². The Morgan fingerprint density at radius 1 is 0.970 bits per heavy atom. The third-order valence-corrected chi connectivity index (χ3v) is 6.66. The van der Waals surface area contributed by atoms with Crippen LogP contribution < -0.4 is 4.90 Å². The molecule has 1 aliphatic heterocycles. The monoisotopic (exact) mass is 438 g/mol. The molecule has 2 heterocycles. The van der Waals surface area contributed by atoms with Gasteiger partial charge in [-0.25, -0.2) is 0 Å². The van der Waals surface area contributed by atoms with Crippen molar-refractivity contribution in [3.05, 3.63) is 99.9 Å². The molecule has 5 rings (SSSR count). The van der Waals surface area contributed by atoms with E-state index in [0.717, 1.165) is 30.4 Å². The van der Waals surface area contributed by atoms with Crippen LogP contribution in [0.3, 0.4) is 0 Å². The van der Waals surface area contributed by atoms with Crippen molar-refractivity contribution in [1.82, 2.24) is 4.98 Å². The van der Waals surface area contributed by atoms with Crippen LogP contribution in [-0.4, -0.2) is 21.8 Å². The van der Waals surface area contributed by atoms with E-state index in [1.165, 1.54) is 22.4 Å². The summed E-state index contributed by atoms with van der Waals surface area (Å²) in [5, 5.41) is 11.4. The van der Waals surface area contributed by atoms with Crippen LogP contribution in [0.4, 0.5) is 5.69 Å². The molecule has 166 valence electrons. The molecule has 5 nitrogen and oxygen atoms in total. The second-order valence-corrected chi connectivity index (χ2v) is 8.90. The lowest BCUT2D eigenvalue weighted by atomic mass is 9.89. The van der Waals surface area contributed by atoms with Crippen LogP contribution in [0.2, 0.25) is 0 Å². The average Bonchev–Trinajstić information content (AvgIpc) is 3.10. The number of benzene rings is 2. The highest BCUT2D eigenvalue weighted by Gasteiger charge is 2.48. The second-order valence-electron chi connectivity index (χ2n) is 8.90. The largest absolute Gasteiger partial charge is 0.507 e. The fourth-order valence-corrected chi connectivity index (χ4v) is 4.91. The van der Waals surface area contributed by atoms with Crippen LogP contribution in [-0.2, 0) is 22.4 Å². The van der Waals surface area contributed by atoms with Gasteiger partial charge in [-0.2, -0.15) is 0 Å². The minimum Gasteiger partial charge on any atom is -0.507 e. The Hall–Kier alpha value is -3.73. The van der Waals surface area contributed by atoms with E-state index in [0.29, 0.717) is 16.9 Å². The summed E-state index contributed by atoms with van der Waals surface area (Å²) < 4.78 is 0. The van der Waals surface area contributed by atoms with Crippen molar-refractivity contribution in [3.8, 4) is 0 Å². The highest BCUT2D eigenvalue weighted by Crippen LogP contribution is 2.43. The molecule has 33 heavy (non-hydrogen) atoms. The Bertz CT molecular complexity index is 1290. The maximum Gasteiger partial charge on any atom is 0.300 e. The molecule has 1 aromatic heterocycles. The van der Waals surface area contributed by atoms with E-state index in [4.69, 9.17) is 0 Å². The van der Waals surface area contributed by atoms with Crippen LogP contribution in [0.1, 0.15) is 52.4 Å². The SMILES string of the molecule is Cc1ccc(C)c(N2C(=O)C(=O)/C(=C(\O)c3ccc4c(c3)CCCC4)C2c2ccccn2)c1. The first kappa shape index (κ1) is 21.1. The summed E-state index contributed by atoms with van der Waals surface area (Å²) in [4.78, 5) is 32.6. The van der Waals surface area contributed by atoms with Gasteiger partial charge in [-0.3, -0.25) is 19.5 Å². The molecule has 0 bridgehead atoms. The number of aliphatic hydroxyl groups is 1.